The monoisotopic (exact) mass is 194 g/mol. The first-order chi connectivity index (χ1) is 6.06. The third-order valence-electron chi connectivity index (χ3n) is 1.72. The lowest BCUT2D eigenvalue weighted by molar-refractivity contribution is -0.145. The summed E-state index contributed by atoms with van der Waals surface area (Å²) < 4.78 is 8.79. The van der Waals surface area contributed by atoms with Crippen LogP contribution in [0.1, 0.15) is 0 Å². The van der Waals surface area contributed by atoms with E-state index in [-0.39, 0.29) is 0 Å². The summed E-state index contributed by atoms with van der Waals surface area (Å²) in [6.07, 6.45) is -6.87. The average Bonchev–Trinajstić information content (AvgIpc) is 2.32. The fraction of sp³-hybridized carbons (Fsp3) is 0.833. The van der Waals surface area contributed by atoms with Gasteiger partial charge in [0.2, 0.25) is 6.29 Å². The Kier molecular flexibility index (Phi) is 3.04. The van der Waals surface area contributed by atoms with Crippen LogP contribution in [0.3, 0.4) is 0 Å². The molecule has 1 aliphatic heterocycles. The van der Waals surface area contributed by atoms with Crippen LogP contribution in [0.2, 0.25) is 0 Å². The van der Waals surface area contributed by atoms with Crippen molar-refractivity contribution >= 4 is 6.16 Å². The van der Waals surface area contributed by atoms with Gasteiger partial charge in [-0.2, -0.15) is 0 Å². The highest BCUT2D eigenvalue weighted by molar-refractivity contribution is 5.57. The van der Waals surface area contributed by atoms with Crippen LogP contribution in [0.4, 0.5) is 4.79 Å². The molecular weight excluding hydrogens is 184 g/mol. The van der Waals surface area contributed by atoms with E-state index >= 15 is 0 Å². The molecule has 0 aromatic carbocycles. The fourth-order valence-corrected chi connectivity index (χ4v) is 1.06. The Balaban J connectivity index is 2.55. The number of rotatable bonds is 2. The van der Waals surface area contributed by atoms with Crippen molar-refractivity contribution in [1.29, 1.82) is 0 Å². The van der Waals surface area contributed by atoms with Crippen LogP contribution < -0.4 is 0 Å². The van der Waals surface area contributed by atoms with Crippen molar-refractivity contribution in [3.8, 4) is 0 Å². The van der Waals surface area contributed by atoms with E-state index in [0.29, 0.717) is 0 Å². The molecule has 0 aliphatic carbocycles. The molecule has 1 aliphatic rings. The van der Waals surface area contributed by atoms with E-state index in [1.807, 2.05) is 0 Å². The van der Waals surface area contributed by atoms with Gasteiger partial charge in [0.05, 0.1) is 6.61 Å². The second-order valence-corrected chi connectivity index (χ2v) is 2.59. The molecule has 13 heavy (non-hydrogen) atoms. The molecule has 0 aromatic rings. The van der Waals surface area contributed by atoms with Crippen molar-refractivity contribution in [2.24, 2.45) is 0 Å². The minimum atomic E-state index is -1.62. The predicted molar refractivity (Wildman–Crippen MR) is 36.9 cm³/mol. The summed E-state index contributed by atoms with van der Waals surface area (Å²) >= 11 is 0. The lowest BCUT2D eigenvalue weighted by Gasteiger charge is -2.12. The maximum Gasteiger partial charge on any atom is 0.508 e. The van der Waals surface area contributed by atoms with Gasteiger partial charge < -0.3 is 29.9 Å². The predicted octanol–water partition coefficient (Wildman–Crippen LogP) is -1.88. The molecule has 4 N–H and O–H groups in total. The van der Waals surface area contributed by atoms with Crippen LogP contribution in [-0.4, -0.2) is 57.8 Å². The average molecular weight is 194 g/mol. The van der Waals surface area contributed by atoms with Crippen LogP contribution >= 0.6 is 0 Å². The zero-order chi connectivity index (χ0) is 10.0. The third kappa shape index (κ3) is 2.07. The Morgan fingerprint density at radius 3 is 2.38 bits per heavy atom. The minimum Gasteiger partial charge on any atom is -0.450 e. The lowest BCUT2D eigenvalue weighted by Crippen LogP contribution is -2.35. The maximum absolute atomic E-state index is 10.0. The number of hydrogen-bond acceptors (Lipinski definition) is 6. The van der Waals surface area contributed by atoms with Crippen molar-refractivity contribution in [3.05, 3.63) is 0 Å². The summed E-state index contributed by atoms with van der Waals surface area (Å²) in [7, 11) is 0. The highest BCUT2D eigenvalue weighted by atomic mass is 16.8. The van der Waals surface area contributed by atoms with Gasteiger partial charge in [-0.05, 0) is 0 Å². The van der Waals surface area contributed by atoms with Crippen molar-refractivity contribution in [3.63, 3.8) is 0 Å². The van der Waals surface area contributed by atoms with Gasteiger partial charge in [0.15, 0.2) is 0 Å². The van der Waals surface area contributed by atoms with E-state index in [0.717, 1.165) is 0 Å². The first-order valence-electron chi connectivity index (χ1n) is 3.58. The molecule has 0 aromatic heterocycles. The first-order valence-corrected chi connectivity index (χ1v) is 3.58. The van der Waals surface area contributed by atoms with E-state index < -0.39 is 37.4 Å². The molecule has 1 heterocycles. The van der Waals surface area contributed by atoms with Crippen LogP contribution in [0, 0.1) is 0 Å². The van der Waals surface area contributed by atoms with Gasteiger partial charge in [-0.1, -0.05) is 0 Å². The maximum atomic E-state index is 10.0. The molecule has 0 unspecified atom stereocenters. The van der Waals surface area contributed by atoms with Crippen LogP contribution in [-0.2, 0) is 9.47 Å². The Morgan fingerprint density at radius 1 is 1.38 bits per heavy atom. The van der Waals surface area contributed by atoms with Crippen LogP contribution in [0.5, 0.6) is 0 Å². The summed E-state index contributed by atoms with van der Waals surface area (Å²) in [5, 5.41) is 35.1. The van der Waals surface area contributed by atoms with E-state index in [1.165, 1.54) is 0 Å². The lowest BCUT2D eigenvalue weighted by atomic mass is 10.1. The Labute approximate surface area is 73.1 Å². The van der Waals surface area contributed by atoms with Crippen molar-refractivity contribution in [2.75, 3.05) is 6.61 Å². The van der Waals surface area contributed by atoms with Gasteiger partial charge in [0.25, 0.3) is 0 Å². The molecule has 1 saturated heterocycles. The number of ether oxygens (including phenoxy) is 2. The Bertz CT molecular complexity index is 193. The Morgan fingerprint density at radius 2 is 2.00 bits per heavy atom. The standard InChI is InChI=1S/C6H10O7/c7-1-2-3(8)4(9)5(12-2)13-6(10)11/h2-5,7-9H,1H2,(H,10,11)/t2-,3-,4-,5+/m1/s1. The number of hydrogen-bond donors (Lipinski definition) is 4. The summed E-state index contributed by atoms with van der Waals surface area (Å²) in [5.41, 5.74) is 0. The molecule has 7 heteroatoms. The zero-order valence-corrected chi connectivity index (χ0v) is 6.53. The summed E-state index contributed by atoms with van der Waals surface area (Å²) in [6.45, 7) is -0.516. The fourth-order valence-electron chi connectivity index (χ4n) is 1.06. The van der Waals surface area contributed by atoms with Crippen molar-refractivity contribution in [2.45, 2.75) is 24.6 Å². The quantitative estimate of drug-likeness (QED) is 0.380. The zero-order valence-electron chi connectivity index (χ0n) is 6.53. The van der Waals surface area contributed by atoms with E-state index in [1.54, 1.807) is 0 Å². The second-order valence-electron chi connectivity index (χ2n) is 2.59. The molecular formula is C6H10O7. The summed E-state index contributed by atoms with van der Waals surface area (Å²) in [5.74, 6) is 0. The van der Waals surface area contributed by atoms with Crippen LogP contribution in [0.15, 0.2) is 0 Å². The first kappa shape index (κ1) is 10.2. The molecule has 4 atom stereocenters. The highest BCUT2D eigenvalue weighted by Crippen LogP contribution is 2.21. The molecule has 0 spiro atoms. The van der Waals surface area contributed by atoms with Crippen molar-refractivity contribution < 1.29 is 34.7 Å². The molecule has 0 amide bonds. The molecule has 0 bridgehead atoms. The normalized spacial score (nSPS) is 39.0. The molecule has 0 saturated carbocycles. The van der Waals surface area contributed by atoms with E-state index in [9.17, 15) is 4.79 Å². The minimum absolute atomic E-state index is 0.516. The molecule has 0 radical (unpaired) electrons. The van der Waals surface area contributed by atoms with E-state index in [4.69, 9.17) is 25.2 Å². The molecule has 1 rings (SSSR count). The smallest absolute Gasteiger partial charge is 0.450 e. The van der Waals surface area contributed by atoms with Gasteiger partial charge >= 0.3 is 6.16 Å². The number of carboxylic acid groups (broad SMARTS) is 1. The number of aliphatic hydroxyl groups excluding tert-OH is 3. The highest BCUT2D eigenvalue weighted by Gasteiger charge is 2.44. The topological polar surface area (TPSA) is 116 Å². The number of aliphatic hydroxyl groups is 3. The number of carbonyl (C=O) groups is 1. The van der Waals surface area contributed by atoms with Gasteiger partial charge in [0.1, 0.15) is 18.3 Å². The summed E-state index contributed by atoms with van der Waals surface area (Å²) in [6, 6.07) is 0. The largest absolute Gasteiger partial charge is 0.508 e. The summed E-state index contributed by atoms with van der Waals surface area (Å²) in [4.78, 5) is 10.0. The Hall–Kier alpha value is -0.890. The van der Waals surface area contributed by atoms with Crippen LogP contribution in [0.25, 0.3) is 0 Å². The van der Waals surface area contributed by atoms with Gasteiger partial charge in [0, 0.05) is 0 Å². The van der Waals surface area contributed by atoms with Gasteiger partial charge in [-0.15, -0.1) is 0 Å². The molecule has 1 fully saturated rings. The third-order valence-corrected chi connectivity index (χ3v) is 1.72. The molecule has 76 valence electrons. The molecule has 7 nitrogen and oxygen atoms in total. The van der Waals surface area contributed by atoms with Crippen molar-refractivity contribution in [1.82, 2.24) is 0 Å². The van der Waals surface area contributed by atoms with Gasteiger partial charge in [-0.25, -0.2) is 4.79 Å². The van der Waals surface area contributed by atoms with E-state index in [2.05, 4.69) is 4.74 Å². The SMILES string of the molecule is O=C(O)O[C@@H]1O[C@H](CO)[C@@H](O)[C@H]1O. The second kappa shape index (κ2) is 3.88. The van der Waals surface area contributed by atoms with Gasteiger partial charge in [-0.3, -0.25) is 0 Å².